The lowest BCUT2D eigenvalue weighted by molar-refractivity contribution is 0.0594. The van der Waals surface area contributed by atoms with E-state index in [1.807, 2.05) is 28.8 Å². The molecule has 2 N–H and O–H groups in total. The molecule has 0 atom stereocenters. The summed E-state index contributed by atoms with van der Waals surface area (Å²) in [5.74, 6) is -0.430. The van der Waals surface area contributed by atoms with Gasteiger partial charge in [0.1, 0.15) is 0 Å². The molecule has 0 aliphatic heterocycles. The molecule has 1 heterocycles. The van der Waals surface area contributed by atoms with Gasteiger partial charge in [0.15, 0.2) is 5.69 Å². The molecule has 0 amide bonds. The molecule has 2 rings (SSSR count). The van der Waals surface area contributed by atoms with Crippen molar-refractivity contribution in [2.24, 2.45) is 0 Å². The molecule has 0 fully saturated rings. The Morgan fingerprint density at radius 3 is 2.76 bits per heavy atom. The second-order valence-electron chi connectivity index (χ2n) is 3.66. The maximum absolute atomic E-state index is 11.2. The van der Waals surface area contributed by atoms with E-state index < -0.39 is 5.97 Å². The molecule has 0 unspecified atom stereocenters. The number of hydrogen-bond acceptors (Lipinski definition) is 4. The van der Waals surface area contributed by atoms with Crippen LogP contribution in [0.1, 0.15) is 16.1 Å². The van der Waals surface area contributed by atoms with Gasteiger partial charge in [-0.1, -0.05) is 12.1 Å². The predicted molar refractivity (Wildman–Crippen MR) is 63.5 cm³/mol. The number of ether oxygens (including phenoxy) is 1. The Labute approximate surface area is 98.8 Å². The summed E-state index contributed by atoms with van der Waals surface area (Å²) >= 11 is 0. The minimum Gasteiger partial charge on any atom is -0.464 e. The SMILES string of the molecule is COC(=O)c1cn(Cc2ccc(N)cc2)cn1. The number of hydrogen-bond donors (Lipinski definition) is 1. The zero-order chi connectivity index (χ0) is 12.3. The van der Waals surface area contributed by atoms with E-state index in [9.17, 15) is 4.79 Å². The van der Waals surface area contributed by atoms with Crippen LogP contribution >= 0.6 is 0 Å². The summed E-state index contributed by atoms with van der Waals surface area (Å²) in [7, 11) is 1.33. The third-order valence-corrected chi connectivity index (χ3v) is 2.37. The molecule has 2 aromatic rings. The summed E-state index contributed by atoms with van der Waals surface area (Å²) in [5, 5.41) is 0. The summed E-state index contributed by atoms with van der Waals surface area (Å²) in [6, 6.07) is 7.56. The van der Waals surface area contributed by atoms with Crippen molar-refractivity contribution in [1.82, 2.24) is 9.55 Å². The molecule has 0 saturated heterocycles. The number of anilines is 1. The molecular weight excluding hydrogens is 218 g/mol. The van der Waals surface area contributed by atoms with Gasteiger partial charge < -0.3 is 15.0 Å². The molecule has 17 heavy (non-hydrogen) atoms. The zero-order valence-electron chi connectivity index (χ0n) is 9.46. The van der Waals surface area contributed by atoms with Crippen LogP contribution in [0.2, 0.25) is 0 Å². The van der Waals surface area contributed by atoms with E-state index in [4.69, 9.17) is 5.73 Å². The number of imidazole rings is 1. The van der Waals surface area contributed by atoms with Crippen molar-refractivity contribution in [3.8, 4) is 0 Å². The van der Waals surface area contributed by atoms with Crippen LogP contribution in [0.5, 0.6) is 0 Å². The number of rotatable bonds is 3. The lowest BCUT2D eigenvalue weighted by Gasteiger charge is -2.02. The van der Waals surface area contributed by atoms with Crippen molar-refractivity contribution < 1.29 is 9.53 Å². The van der Waals surface area contributed by atoms with Crippen molar-refractivity contribution in [1.29, 1.82) is 0 Å². The van der Waals surface area contributed by atoms with Crippen LogP contribution in [0.4, 0.5) is 5.69 Å². The highest BCUT2D eigenvalue weighted by Gasteiger charge is 2.08. The number of methoxy groups -OCH3 is 1. The second-order valence-corrected chi connectivity index (χ2v) is 3.66. The third kappa shape index (κ3) is 2.63. The smallest absolute Gasteiger partial charge is 0.358 e. The Kier molecular flexibility index (Phi) is 3.09. The quantitative estimate of drug-likeness (QED) is 0.638. The van der Waals surface area contributed by atoms with E-state index in [0.717, 1.165) is 11.3 Å². The highest BCUT2D eigenvalue weighted by Crippen LogP contribution is 2.08. The van der Waals surface area contributed by atoms with Gasteiger partial charge in [-0.2, -0.15) is 0 Å². The number of esters is 1. The number of nitrogens with two attached hydrogens (primary N) is 1. The van der Waals surface area contributed by atoms with E-state index in [2.05, 4.69) is 9.72 Å². The van der Waals surface area contributed by atoms with Gasteiger partial charge >= 0.3 is 5.97 Å². The monoisotopic (exact) mass is 231 g/mol. The molecule has 5 nitrogen and oxygen atoms in total. The van der Waals surface area contributed by atoms with Gasteiger partial charge in [0.25, 0.3) is 0 Å². The average Bonchev–Trinajstić information content (AvgIpc) is 2.80. The predicted octanol–water partition coefficient (Wildman–Crippen LogP) is 1.30. The van der Waals surface area contributed by atoms with Crippen LogP contribution in [-0.4, -0.2) is 22.6 Å². The van der Waals surface area contributed by atoms with Crippen LogP contribution in [-0.2, 0) is 11.3 Å². The zero-order valence-corrected chi connectivity index (χ0v) is 9.46. The first-order valence-electron chi connectivity index (χ1n) is 5.13. The van der Waals surface area contributed by atoms with Crippen LogP contribution in [0.3, 0.4) is 0 Å². The Bertz CT molecular complexity index is 517. The number of carbonyl (C=O) groups excluding carboxylic acids is 1. The lowest BCUT2D eigenvalue weighted by atomic mass is 10.2. The van der Waals surface area contributed by atoms with Crippen LogP contribution in [0, 0.1) is 0 Å². The number of nitrogen functional groups attached to an aromatic ring is 1. The highest BCUT2D eigenvalue weighted by atomic mass is 16.5. The van der Waals surface area contributed by atoms with Gasteiger partial charge in [-0.15, -0.1) is 0 Å². The van der Waals surface area contributed by atoms with E-state index in [1.165, 1.54) is 7.11 Å². The Balaban J connectivity index is 2.11. The molecule has 1 aromatic carbocycles. The molecule has 1 aromatic heterocycles. The van der Waals surface area contributed by atoms with Gasteiger partial charge in [0, 0.05) is 18.4 Å². The largest absolute Gasteiger partial charge is 0.464 e. The Hall–Kier alpha value is -2.30. The van der Waals surface area contributed by atoms with Gasteiger partial charge in [0.05, 0.1) is 13.4 Å². The van der Waals surface area contributed by atoms with Crippen molar-refractivity contribution in [3.05, 3.63) is 48.0 Å². The minimum atomic E-state index is -0.430. The topological polar surface area (TPSA) is 70.1 Å². The summed E-state index contributed by atoms with van der Waals surface area (Å²) in [5.41, 5.74) is 7.73. The van der Waals surface area contributed by atoms with Gasteiger partial charge in [-0.25, -0.2) is 9.78 Å². The Morgan fingerprint density at radius 2 is 2.12 bits per heavy atom. The van der Waals surface area contributed by atoms with E-state index >= 15 is 0 Å². The first-order chi connectivity index (χ1) is 8.19. The first-order valence-corrected chi connectivity index (χ1v) is 5.13. The van der Waals surface area contributed by atoms with Crippen LogP contribution in [0.25, 0.3) is 0 Å². The number of benzene rings is 1. The minimum absolute atomic E-state index is 0.308. The molecule has 0 bridgehead atoms. The van der Waals surface area contributed by atoms with Crippen molar-refractivity contribution in [2.75, 3.05) is 12.8 Å². The molecule has 5 heteroatoms. The molecule has 0 aliphatic carbocycles. The van der Waals surface area contributed by atoms with E-state index in [1.54, 1.807) is 12.5 Å². The maximum atomic E-state index is 11.2. The van der Waals surface area contributed by atoms with Crippen molar-refractivity contribution in [3.63, 3.8) is 0 Å². The van der Waals surface area contributed by atoms with Gasteiger partial charge in [-0.3, -0.25) is 0 Å². The summed E-state index contributed by atoms with van der Waals surface area (Å²) in [6.07, 6.45) is 3.25. The van der Waals surface area contributed by atoms with Crippen molar-refractivity contribution >= 4 is 11.7 Å². The van der Waals surface area contributed by atoms with Crippen molar-refractivity contribution in [2.45, 2.75) is 6.54 Å². The summed E-state index contributed by atoms with van der Waals surface area (Å²) < 4.78 is 6.40. The summed E-state index contributed by atoms with van der Waals surface area (Å²) in [4.78, 5) is 15.2. The lowest BCUT2D eigenvalue weighted by Crippen LogP contribution is -2.01. The second kappa shape index (κ2) is 4.69. The average molecular weight is 231 g/mol. The third-order valence-electron chi connectivity index (χ3n) is 2.37. The normalized spacial score (nSPS) is 10.2. The number of nitrogens with zero attached hydrogens (tertiary/aromatic N) is 2. The molecule has 0 radical (unpaired) electrons. The molecular formula is C12H13N3O2. The molecule has 0 aliphatic rings. The van der Waals surface area contributed by atoms with Crippen LogP contribution in [0.15, 0.2) is 36.8 Å². The van der Waals surface area contributed by atoms with E-state index in [-0.39, 0.29) is 0 Å². The Morgan fingerprint density at radius 1 is 1.41 bits per heavy atom. The fraction of sp³-hybridized carbons (Fsp3) is 0.167. The van der Waals surface area contributed by atoms with Gasteiger partial charge in [-0.05, 0) is 17.7 Å². The number of carbonyl (C=O) groups is 1. The van der Waals surface area contributed by atoms with Crippen LogP contribution < -0.4 is 5.73 Å². The molecule has 88 valence electrons. The maximum Gasteiger partial charge on any atom is 0.358 e. The molecule has 0 spiro atoms. The fourth-order valence-electron chi connectivity index (χ4n) is 1.49. The van der Waals surface area contributed by atoms with Gasteiger partial charge in [0.2, 0.25) is 0 Å². The number of aromatic nitrogens is 2. The standard InChI is InChI=1S/C12H13N3O2/c1-17-12(16)11-7-15(8-14-11)6-9-2-4-10(13)5-3-9/h2-5,7-8H,6,13H2,1H3. The molecule has 0 saturated carbocycles. The fourth-order valence-corrected chi connectivity index (χ4v) is 1.49. The first kappa shape index (κ1) is 11.2. The highest BCUT2D eigenvalue weighted by molar-refractivity contribution is 5.86. The van der Waals surface area contributed by atoms with E-state index in [0.29, 0.717) is 12.2 Å². The summed E-state index contributed by atoms with van der Waals surface area (Å²) in [6.45, 7) is 0.643.